The van der Waals surface area contributed by atoms with Crippen molar-refractivity contribution < 1.29 is 4.74 Å². The number of rotatable bonds is 1. The molecule has 0 radical (unpaired) electrons. The number of hydrogen-bond acceptors (Lipinski definition) is 3. The van der Waals surface area contributed by atoms with Gasteiger partial charge in [0.25, 0.3) is 0 Å². The number of hydrogen-bond donors (Lipinski definition) is 1. The Morgan fingerprint density at radius 2 is 2.00 bits per heavy atom. The van der Waals surface area contributed by atoms with E-state index >= 15 is 0 Å². The third kappa shape index (κ3) is 1.46. The van der Waals surface area contributed by atoms with Crippen LogP contribution in [0.3, 0.4) is 0 Å². The molecule has 4 heteroatoms. The number of benzene rings is 1. The Bertz CT molecular complexity index is 911. The summed E-state index contributed by atoms with van der Waals surface area (Å²) in [5.74, 6) is 0.842. The minimum Gasteiger partial charge on any atom is -0.497 e. The van der Waals surface area contributed by atoms with Gasteiger partial charge in [0.05, 0.1) is 18.1 Å². The van der Waals surface area contributed by atoms with E-state index in [9.17, 15) is 0 Å². The lowest BCUT2D eigenvalue weighted by molar-refractivity contribution is 0.415. The summed E-state index contributed by atoms with van der Waals surface area (Å²) in [6, 6.07) is 11.9. The van der Waals surface area contributed by atoms with Crippen molar-refractivity contribution >= 4 is 33.0 Å². The molecule has 1 aromatic carbocycles. The van der Waals surface area contributed by atoms with Crippen LogP contribution in [-0.2, 0) is 0 Å². The van der Waals surface area contributed by atoms with Gasteiger partial charge in [-0.25, -0.2) is 4.98 Å². The summed E-state index contributed by atoms with van der Waals surface area (Å²) in [4.78, 5) is 12.3. The number of nitrogens with one attached hydrogen (secondary N) is 1. The van der Waals surface area contributed by atoms with Gasteiger partial charge in [-0.15, -0.1) is 0 Å². The van der Waals surface area contributed by atoms with E-state index < -0.39 is 0 Å². The molecular formula is C15H11N3O. The Morgan fingerprint density at radius 3 is 2.89 bits per heavy atom. The number of fused-ring (bicyclic) bond motifs is 4. The molecule has 4 nitrogen and oxygen atoms in total. The number of ether oxygens (including phenoxy) is 1. The number of pyridine rings is 2. The van der Waals surface area contributed by atoms with E-state index in [1.54, 1.807) is 13.3 Å². The molecule has 3 aromatic heterocycles. The Morgan fingerprint density at radius 1 is 1.05 bits per heavy atom. The van der Waals surface area contributed by atoms with Crippen LogP contribution in [-0.4, -0.2) is 22.1 Å². The van der Waals surface area contributed by atoms with Crippen molar-refractivity contribution in [2.24, 2.45) is 0 Å². The quantitative estimate of drug-likeness (QED) is 0.563. The number of H-pyrrole nitrogens is 1. The number of methoxy groups -OCH3 is 1. The second-order valence-electron chi connectivity index (χ2n) is 4.46. The van der Waals surface area contributed by atoms with Crippen LogP contribution < -0.4 is 4.74 Å². The summed E-state index contributed by atoms with van der Waals surface area (Å²) in [6.07, 6.45) is 1.78. The van der Waals surface area contributed by atoms with Gasteiger partial charge < -0.3 is 9.72 Å². The minimum atomic E-state index is 0.842. The number of aromatic amines is 1. The highest BCUT2D eigenvalue weighted by molar-refractivity contribution is 6.09. The van der Waals surface area contributed by atoms with Crippen LogP contribution in [0.15, 0.2) is 42.6 Å². The zero-order chi connectivity index (χ0) is 12.8. The van der Waals surface area contributed by atoms with Crippen molar-refractivity contribution in [3.8, 4) is 5.75 Å². The zero-order valence-electron chi connectivity index (χ0n) is 10.3. The summed E-state index contributed by atoms with van der Waals surface area (Å²) in [5, 5.41) is 2.18. The van der Waals surface area contributed by atoms with Crippen LogP contribution >= 0.6 is 0 Å². The van der Waals surface area contributed by atoms with Crippen LogP contribution in [0, 0.1) is 0 Å². The maximum absolute atomic E-state index is 5.28. The predicted octanol–water partition coefficient (Wildman–Crippen LogP) is 3.27. The van der Waals surface area contributed by atoms with Gasteiger partial charge in [-0.05, 0) is 36.4 Å². The molecule has 0 fully saturated rings. The SMILES string of the molecule is COc1ccc2[nH]c3nc4cccnc4cc3c2c1. The fourth-order valence-electron chi connectivity index (χ4n) is 2.41. The van der Waals surface area contributed by atoms with E-state index in [0.29, 0.717) is 0 Å². The lowest BCUT2D eigenvalue weighted by Crippen LogP contribution is -1.83. The minimum absolute atomic E-state index is 0.842. The summed E-state index contributed by atoms with van der Waals surface area (Å²) < 4.78 is 5.28. The average molecular weight is 249 g/mol. The fourth-order valence-corrected chi connectivity index (χ4v) is 2.41. The first-order valence-electron chi connectivity index (χ1n) is 6.06. The van der Waals surface area contributed by atoms with E-state index in [-0.39, 0.29) is 0 Å². The van der Waals surface area contributed by atoms with Crippen LogP contribution in [0.1, 0.15) is 0 Å². The lowest BCUT2D eigenvalue weighted by Gasteiger charge is -1.99. The smallest absolute Gasteiger partial charge is 0.139 e. The molecule has 0 aliphatic carbocycles. The highest BCUT2D eigenvalue weighted by Gasteiger charge is 2.08. The highest BCUT2D eigenvalue weighted by Crippen LogP contribution is 2.29. The van der Waals surface area contributed by atoms with Crippen molar-refractivity contribution in [3.63, 3.8) is 0 Å². The average Bonchev–Trinajstić information content (AvgIpc) is 2.81. The molecule has 0 saturated carbocycles. The fraction of sp³-hybridized carbons (Fsp3) is 0.0667. The zero-order valence-corrected chi connectivity index (χ0v) is 10.3. The first kappa shape index (κ1) is 10.3. The van der Waals surface area contributed by atoms with Gasteiger partial charge in [0, 0.05) is 22.5 Å². The van der Waals surface area contributed by atoms with Crippen LogP contribution in [0.25, 0.3) is 33.0 Å². The Hall–Kier alpha value is -2.62. The van der Waals surface area contributed by atoms with E-state index in [1.165, 1.54) is 0 Å². The number of aromatic nitrogens is 3. The molecule has 0 amide bonds. The third-order valence-electron chi connectivity index (χ3n) is 3.35. The van der Waals surface area contributed by atoms with Crippen molar-refractivity contribution in [3.05, 3.63) is 42.6 Å². The summed E-state index contributed by atoms with van der Waals surface area (Å²) in [6.45, 7) is 0. The van der Waals surface area contributed by atoms with Crippen molar-refractivity contribution in [1.82, 2.24) is 15.0 Å². The molecule has 4 aromatic rings. The summed E-state index contributed by atoms with van der Waals surface area (Å²) in [7, 11) is 1.67. The van der Waals surface area contributed by atoms with Gasteiger partial charge in [0.15, 0.2) is 0 Å². The van der Waals surface area contributed by atoms with Gasteiger partial charge in [-0.3, -0.25) is 4.98 Å². The van der Waals surface area contributed by atoms with Crippen LogP contribution in [0.2, 0.25) is 0 Å². The molecule has 0 aliphatic rings. The molecule has 4 rings (SSSR count). The van der Waals surface area contributed by atoms with Gasteiger partial charge >= 0.3 is 0 Å². The maximum atomic E-state index is 5.28. The second-order valence-corrected chi connectivity index (χ2v) is 4.46. The van der Waals surface area contributed by atoms with Crippen molar-refractivity contribution in [1.29, 1.82) is 0 Å². The van der Waals surface area contributed by atoms with E-state index in [0.717, 1.165) is 38.7 Å². The molecule has 3 heterocycles. The Labute approximate surface area is 109 Å². The molecular weight excluding hydrogens is 238 g/mol. The first-order valence-corrected chi connectivity index (χ1v) is 6.06. The lowest BCUT2D eigenvalue weighted by atomic mass is 10.1. The van der Waals surface area contributed by atoms with Crippen LogP contribution in [0.5, 0.6) is 5.75 Å². The summed E-state index contributed by atoms with van der Waals surface area (Å²) in [5.41, 5.74) is 3.73. The Kier molecular flexibility index (Phi) is 2.00. The molecule has 19 heavy (non-hydrogen) atoms. The molecule has 1 N–H and O–H groups in total. The van der Waals surface area contributed by atoms with E-state index in [4.69, 9.17) is 4.74 Å². The first-order chi connectivity index (χ1) is 9.35. The molecule has 0 spiro atoms. The normalized spacial score (nSPS) is 11.4. The largest absolute Gasteiger partial charge is 0.497 e. The van der Waals surface area contributed by atoms with Crippen LogP contribution in [0.4, 0.5) is 0 Å². The summed E-state index contributed by atoms with van der Waals surface area (Å²) >= 11 is 0. The van der Waals surface area contributed by atoms with Gasteiger partial charge in [0.2, 0.25) is 0 Å². The molecule has 92 valence electrons. The maximum Gasteiger partial charge on any atom is 0.139 e. The van der Waals surface area contributed by atoms with Gasteiger partial charge in [-0.2, -0.15) is 0 Å². The molecule has 0 saturated heterocycles. The highest BCUT2D eigenvalue weighted by atomic mass is 16.5. The molecule has 0 unspecified atom stereocenters. The number of nitrogens with zero attached hydrogens (tertiary/aromatic N) is 2. The van der Waals surface area contributed by atoms with Gasteiger partial charge in [-0.1, -0.05) is 0 Å². The third-order valence-corrected chi connectivity index (χ3v) is 3.35. The predicted molar refractivity (Wildman–Crippen MR) is 75.5 cm³/mol. The second kappa shape index (κ2) is 3.68. The Balaban J connectivity index is 2.17. The molecule has 0 atom stereocenters. The standard InChI is InChI=1S/C15H11N3O/c1-19-9-4-5-12-10(7-9)11-8-14-13(3-2-6-16-14)18-15(11)17-12/h2-8H,1H3,(H,17,18). The molecule has 0 aliphatic heterocycles. The van der Waals surface area contributed by atoms with E-state index in [1.807, 2.05) is 30.3 Å². The van der Waals surface area contributed by atoms with E-state index in [2.05, 4.69) is 21.0 Å². The van der Waals surface area contributed by atoms with Gasteiger partial charge in [0.1, 0.15) is 11.4 Å². The van der Waals surface area contributed by atoms with Crippen molar-refractivity contribution in [2.75, 3.05) is 7.11 Å². The van der Waals surface area contributed by atoms with Crippen molar-refractivity contribution in [2.45, 2.75) is 0 Å². The molecule has 0 bridgehead atoms. The monoisotopic (exact) mass is 249 g/mol. The topological polar surface area (TPSA) is 50.8 Å².